The number of nitrogens with one attached hydrogen (secondary N) is 1. The molecular formula is C12H26N2O. The number of likely N-dealkylation sites (tertiary alicyclic amines) is 1. The summed E-state index contributed by atoms with van der Waals surface area (Å²) in [5.74, 6) is 0. The van der Waals surface area contributed by atoms with E-state index >= 15 is 0 Å². The molecule has 1 aliphatic heterocycles. The Morgan fingerprint density at radius 2 is 2.27 bits per heavy atom. The van der Waals surface area contributed by atoms with Crippen LogP contribution in [-0.2, 0) is 0 Å². The summed E-state index contributed by atoms with van der Waals surface area (Å²) in [5, 5.41) is 12.6. The van der Waals surface area contributed by atoms with Crippen molar-refractivity contribution < 1.29 is 5.11 Å². The van der Waals surface area contributed by atoms with E-state index in [1.807, 2.05) is 7.05 Å². The fraction of sp³-hybridized carbons (Fsp3) is 1.00. The maximum absolute atomic E-state index is 9.28. The molecule has 15 heavy (non-hydrogen) atoms. The molecule has 90 valence electrons. The molecule has 0 saturated carbocycles. The molecule has 0 aromatic heterocycles. The third kappa shape index (κ3) is 3.44. The van der Waals surface area contributed by atoms with Gasteiger partial charge in [-0.15, -0.1) is 0 Å². The zero-order chi connectivity index (χ0) is 11.3. The van der Waals surface area contributed by atoms with Crippen LogP contribution in [0.4, 0.5) is 0 Å². The third-order valence-corrected chi connectivity index (χ3v) is 3.75. The van der Waals surface area contributed by atoms with Crippen molar-refractivity contribution in [1.29, 1.82) is 0 Å². The van der Waals surface area contributed by atoms with Crippen LogP contribution >= 0.6 is 0 Å². The monoisotopic (exact) mass is 214 g/mol. The van der Waals surface area contributed by atoms with Crippen LogP contribution in [0, 0.1) is 5.41 Å². The first kappa shape index (κ1) is 12.9. The second-order valence-electron chi connectivity index (χ2n) is 5.14. The van der Waals surface area contributed by atoms with E-state index in [2.05, 4.69) is 24.1 Å². The van der Waals surface area contributed by atoms with Crippen molar-refractivity contribution in [3.05, 3.63) is 0 Å². The number of hydrogen-bond acceptors (Lipinski definition) is 3. The van der Waals surface area contributed by atoms with Crippen LogP contribution in [-0.4, -0.2) is 49.3 Å². The average Bonchev–Trinajstić information content (AvgIpc) is 2.65. The summed E-state index contributed by atoms with van der Waals surface area (Å²) in [7, 11) is 2.02. The van der Waals surface area contributed by atoms with Crippen molar-refractivity contribution >= 4 is 0 Å². The lowest BCUT2D eigenvalue weighted by molar-refractivity contribution is 0.107. The number of nitrogens with zero attached hydrogens (tertiary/aromatic N) is 1. The molecule has 0 radical (unpaired) electrons. The van der Waals surface area contributed by atoms with E-state index in [4.69, 9.17) is 0 Å². The van der Waals surface area contributed by atoms with Gasteiger partial charge in [0.1, 0.15) is 0 Å². The molecule has 2 unspecified atom stereocenters. The molecule has 1 fully saturated rings. The van der Waals surface area contributed by atoms with Crippen LogP contribution in [0.3, 0.4) is 0 Å². The van der Waals surface area contributed by atoms with Gasteiger partial charge < -0.3 is 10.4 Å². The summed E-state index contributed by atoms with van der Waals surface area (Å²) in [6.07, 6.45) is 3.59. The van der Waals surface area contributed by atoms with E-state index in [0.717, 1.165) is 26.1 Å². The minimum atomic E-state index is 0.319. The number of aliphatic hydroxyl groups excluding tert-OH is 1. The molecule has 0 aromatic carbocycles. The van der Waals surface area contributed by atoms with Gasteiger partial charge in [0.2, 0.25) is 0 Å². The highest BCUT2D eigenvalue weighted by atomic mass is 16.3. The Morgan fingerprint density at radius 1 is 1.53 bits per heavy atom. The van der Waals surface area contributed by atoms with Gasteiger partial charge in [-0.3, -0.25) is 4.90 Å². The Hall–Kier alpha value is -0.120. The lowest BCUT2D eigenvalue weighted by Crippen LogP contribution is -2.44. The van der Waals surface area contributed by atoms with Gasteiger partial charge in [0.15, 0.2) is 0 Å². The number of rotatable bonds is 6. The van der Waals surface area contributed by atoms with Crippen LogP contribution in [0.5, 0.6) is 0 Å². The van der Waals surface area contributed by atoms with Gasteiger partial charge in [-0.2, -0.15) is 0 Å². The molecule has 2 N–H and O–H groups in total. The van der Waals surface area contributed by atoms with E-state index in [0.29, 0.717) is 18.1 Å². The molecule has 0 aliphatic carbocycles. The Bertz CT molecular complexity index is 186. The van der Waals surface area contributed by atoms with Gasteiger partial charge >= 0.3 is 0 Å². The fourth-order valence-corrected chi connectivity index (χ4v) is 2.52. The fourth-order valence-electron chi connectivity index (χ4n) is 2.52. The first-order valence-electron chi connectivity index (χ1n) is 6.14. The Labute approximate surface area is 93.9 Å². The minimum Gasteiger partial charge on any atom is -0.395 e. The van der Waals surface area contributed by atoms with Crippen LogP contribution in [0.1, 0.15) is 33.1 Å². The highest BCUT2D eigenvalue weighted by molar-refractivity contribution is 4.85. The molecule has 1 saturated heterocycles. The zero-order valence-electron chi connectivity index (χ0n) is 10.4. The van der Waals surface area contributed by atoms with Gasteiger partial charge in [-0.1, -0.05) is 13.8 Å². The number of hydrogen-bond donors (Lipinski definition) is 2. The maximum Gasteiger partial charge on any atom is 0.0586 e. The van der Waals surface area contributed by atoms with E-state index in [-0.39, 0.29) is 0 Å². The second-order valence-corrected chi connectivity index (χ2v) is 5.14. The van der Waals surface area contributed by atoms with Crippen molar-refractivity contribution in [2.45, 2.75) is 39.2 Å². The highest BCUT2D eigenvalue weighted by Gasteiger charge is 2.30. The maximum atomic E-state index is 9.28. The summed E-state index contributed by atoms with van der Waals surface area (Å²) in [5.41, 5.74) is 0.340. The first-order valence-corrected chi connectivity index (χ1v) is 6.14. The Balaban J connectivity index is 2.50. The molecule has 0 amide bonds. The normalized spacial score (nSPS) is 26.8. The molecule has 3 nitrogen and oxygen atoms in total. The number of aliphatic hydroxyl groups is 1. The van der Waals surface area contributed by atoms with Crippen LogP contribution < -0.4 is 5.32 Å². The van der Waals surface area contributed by atoms with Gasteiger partial charge in [0.05, 0.1) is 6.61 Å². The molecule has 2 atom stereocenters. The molecule has 1 rings (SSSR count). The highest BCUT2D eigenvalue weighted by Crippen LogP contribution is 2.26. The Morgan fingerprint density at radius 3 is 2.80 bits per heavy atom. The van der Waals surface area contributed by atoms with Crippen molar-refractivity contribution in [3.63, 3.8) is 0 Å². The summed E-state index contributed by atoms with van der Waals surface area (Å²) >= 11 is 0. The van der Waals surface area contributed by atoms with E-state index < -0.39 is 0 Å². The van der Waals surface area contributed by atoms with E-state index in [9.17, 15) is 5.11 Å². The summed E-state index contributed by atoms with van der Waals surface area (Å²) < 4.78 is 0. The Kier molecular flexibility index (Phi) is 5.03. The predicted octanol–water partition coefficient (Wildman–Crippen LogP) is 1.08. The molecule has 1 heterocycles. The summed E-state index contributed by atoms with van der Waals surface area (Å²) in [6, 6.07) is 0.410. The lowest BCUT2D eigenvalue weighted by atomic mass is 9.86. The van der Waals surface area contributed by atoms with Crippen molar-refractivity contribution in [1.82, 2.24) is 10.2 Å². The molecule has 3 heteroatoms. The zero-order valence-corrected chi connectivity index (χ0v) is 10.4. The van der Waals surface area contributed by atoms with Crippen molar-refractivity contribution in [3.8, 4) is 0 Å². The van der Waals surface area contributed by atoms with Crippen molar-refractivity contribution in [2.75, 3.05) is 33.3 Å². The average molecular weight is 214 g/mol. The lowest BCUT2D eigenvalue weighted by Gasteiger charge is -2.35. The SMILES string of the molecule is CCC(C)(CNC)CN1CCCC1CO. The summed E-state index contributed by atoms with van der Waals surface area (Å²) in [4.78, 5) is 2.46. The van der Waals surface area contributed by atoms with Crippen LogP contribution in [0.25, 0.3) is 0 Å². The van der Waals surface area contributed by atoms with Gasteiger partial charge in [0, 0.05) is 19.1 Å². The minimum absolute atomic E-state index is 0.319. The largest absolute Gasteiger partial charge is 0.395 e. The smallest absolute Gasteiger partial charge is 0.0586 e. The van der Waals surface area contributed by atoms with Crippen molar-refractivity contribution in [2.24, 2.45) is 5.41 Å². The predicted molar refractivity (Wildman–Crippen MR) is 64.0 cm³/mol. The van der Waals surface area contributed by atoms with E-state index in [1.165, 1.54) is 12.8 Å². The first-order chi connectivity index (χ1) is 7.15. The van der Waals surface area contributed by atoms with Gasteiger partial charge in [-0.05, 0) is 38.3 Å². The molecule has 0 aromatic rings. The quantitative estimate of drug-likeness (QED) is 0.694. The second kappa shape index (κ2) is 5.83. The van der Waals surface area contributed by atoms with Crippen LogP contribution in [0.15, 0.2) is 0 Å². The molecule has 0 spiro atoms. The third-order valence-electron chi connectivity index (χ3n) is 3.75. The molecule has 1 aliphatic rings. The van der Waals surface area contributed by atoms with Gasteiger partial charge in [-0.25, -0.2) is 0 Å². The van der Waals surface area contributed by atoms with Crippen LogP contribution in [0.2, 0.25) is 0 Å². The molecular weight excluding hydrogens is 188 g/mol. The molecule has 0 bridgehead atoms. The van der Waals surface area contributed by atoms with E-state index in [1.54, 1.807) is 0 Å². The summed E-state index contributed by atoms with van der Waals surface area (Å²) in [6.45, 7) is 8.22. The standard InChI is InChI=1S/C12H26N2O/c1-4-12(2,9-13-3)10-14-7-5-6-11(14)8-15/h11,13,15H,4-10H2,1-3H3. The topological polar surface area (TPSA) is 35.5 Å². The van der Waals surface area contributed by atoms with Gasteiger partial charge in [0.25, 0.3) is 0 Å².